The zero-order chi connectivity index (χ0) is 20.2. The number of hydrogen-bond donors (Lipinski definition) is 1. The molecule has 0 aromatic heterocycles. The summed E-state index contributed by atoms with van der Waals surface area (Å²) in [5.41, 5.74) is 19.5. The van der Waals surface area contributed by atoms with Crippen molar-refractivity contribution in [2.75, 3.05) is 31.1 Å². The van der Waals surface area contributed by atoms with Gasteiger partial charge in [0.1, 0.15) is 5.60 Å². The standard InChI is InChI=1S/C19H30N6O2/c1-13-15(11-20)10-16(12-22-23-21)14(2)17(13)24-6-8-25(9-7-24)18(26)27-19(3,4)5/h10H,6-9,11-12,20H2,1-5H3. The molecule has 2 N–H and O–H groups in total. The molecule has 1 amide bonds. The molecule has 1 saturated heterocycles. The van der Waals surface area contributed by atoms with Gasteiger partial charge in [-0.15, -0.1) is 0 Å². The van der Waals surface area contributed by atoms with Gasteiger partial charge in [0.25, 0.3) is 0 Å². The number of anilines is 1. The van der Waals surface area contributed by atoms with Crippen LogP contribution in [0, 0.1) is 13.8 Å². The SMILES string of the molecule is Cc1c(CN)cc(CN=[N+]=[N-])c(C)c1N1CCN(C(=O)OC(C)(C)C)CC1. The first-order valence-corrected chi connectivity index (χ1v) is 9.23. The summed E-state index contributed by atoms with van der Waals surface area (Å²) in [7, 11) is 0. The van der Waals surface area contributed by atoms with Crippen LogP contribution in [0.3, 0.4) is 0 Å². The van der Waals surface area contributed by atoms with Crippen molar-refractivity contribution < 1.29 is 9.53 Å². The van der Waals surface area contributed by atoms with E-state index in [1.54, 1.807) is 4.90 Å². The molecule has 0 bridgehead atoms. The van der Waals surface area contributed by atoms with Gasteiger partial charge in [0.15, 0.2) is 0 Å². The lowest BCUT2D eigenvalue weighted by molar-refractivity contribution is 0.0240. The van der Waals surface area contributed by atoms with Crippen molar-refractivity contribution in [1.82, 2.24) is 4.90 Å². The second kappa shape index (κ2) is 8.50. The van der Waals surface area contributed by atoms with Crippen LogP contribution >= 0.6 is 0 Å². The van der Waals surface area contributed by atoms with Gasteiger partial charge in [0.05, 0.1) is 6.54 Å². The highest BCUT2D eigenvalue weighted by Crippen LogP contribution is 2.32. The average molecular weight is 374 g/mol. The number of amides is 1. The molecule has 1 aromatic carbocycles. The molecule has 2 rings (SSSR count). The Morgan fingerprint density at radius 2 is 1.81 bits per heavy atom. The summed E-state index contributed by atoms with van der Waals surface area (Å²) < 4.78 is 5.47. The zero-order valence-electron chi connectivity index (χ0n) is 16.9. The maximum absolute atomic E-state index is 12.3. The molecule has 0 radical (unpaired) electrons. The van der Waals surface area contributed by atoms with E-state index in [9.17, 15) is 4.79 Å². The largest absolute Gasteiger partial charge is 0.444 e. The molecule has 8 heteroatoms. The highest BCUT2D eigenvalue weighted by Gasteiger charge is 2.27. The number of hydrogen-bond acceptors (Lipinski definition) is 5. The first-order chi connectivity index (χ1) is 12.7. The number of nitrogens with two attached hydrogens (primary N) is 1. The second-order valence-electron chi connectivity index (χ2n) is 7.84. The van der Waals surface area contributed by atoms with Crippen LogP contribution in [-0.4, -0.2) is 42.8 Å². The minimum Gasteiger partial charge on any atom is -0.444 e. The maximum Gasteiger partial charge on any atom is 0.410 e. The summed E-state index contributed by atoms with van der Waals surface area (Å²) in [6.45, 7) is 13.1. The highest BCUT2D eigenvalue weighted by molar-refractivity contribution is 5.69. The van der Waals surface area contributed by atoms with E-state index in [2.05, 4.69) is 21.8 Å². The van der Waals surface area contributed by atoms with Crippen LogP contribution in [0.1, 0.15) is 43.0 Å². The van der Waals surface area contributed by atoms with Crippen molar-refractivity contribution in [3.05, 3.63) is 38.8 Å². The molecule has 0 atom stereocenters. The smallest absolute Gasteiger partial charge is 0.410 e. The van der Waals surface area contributed by atoms with E-state index in [0.29, 0.717) is 26.2 Å². The van der Waals surface area contributed by atoms with Gasteiger partial charge in [-0.25, -0.2) is 4.79 Å². The summed E-state index contributed by atoms with van der Waals surface area (Å²) in [6, 6.07) is 2.03. The number of nitrogens with zero attached hydrogens (tertiary/aromatic N) is 5. The normalized spacial score (nSPS) is 14.7. The molecule has 0 unspecified atom stereocenters. The summed E-state index contributed by atoms with van der Waals surface area (Å²) in [4.78, 5) is 19.2. The van der Waals surface area contributed by atoms with Gasteiger partial charge in [0, 0.05) is 43.3 Å². The van der Waals surface area contributed by atoms with Gasteiger partial charge in [-0.05, 0) is 62.4 Å². The van der Waals surface area contributed by atoms with Crippen LogP contribution in [-0.2, 0) is 17.8 Å². The quantitative estimate of drug-likeness (QED) is 0.493. The van der Waals surface area contributed by atoms with E-state index in [4.69, 9.17) is 16.0 Å². The van der Waals surface area contributed by atoms with Crippen molar-refractivity contribution in [1.29, 1.82) is 0 Å². The first-order valence-electron chi connectivity index (χ1n) is 9.23. The van der Waals surface area contributed by atoms with Crippen LogP contribution < -0.4 is 10.6 Å². The molecule has 27 heavy (non-hydrogen) atoms. The predicted octanol–water partition coefficient (Wildman–Crippen LogP) is 3.63. The van der Waals surface area contributed by atoms with Gasteiger partial charge in [0.2, 0.25) is 0 Å². The Kier molecular flexibility index (Phi) is 6.57. The van der Waals surface area contributed by atoms with Gasteiger partial charge in [-0.1, -0.05) is 11.2 Å². The van der Waals surface area contributed by atoms with Crippen LogP contribution in [0.5, 0.6) is 0 Å². The predicted molar refractivity (Wildman–Crippen MR) is 107 cm³/mol. The maximum atomic E-state index is 12.3. The molecular formula is C19H30N6O2. The van der Waals surface area contributed by atoms with Crippen LogP contribution in [0.15, 0.2) is 11.2 Å². The number of benzene rings is 1. The third-order valence-corrected chi connectivity index (χ3v) is 4.79. The molecule has 148 valence electrons. The van der Waals surface area contributed by atoms with E-state index < -0.39 is 5.60 Å². The molecule has 1 aliphatic rings. The fraction of sp³-hybridized carbons (Fsp3) is 0.632. The lowest BCUT2D eigenvalue weighted by Gasteiger charge is -2.38. The fourth-order valence-corrected chi connectivity index (χ4v) is 3.41. The molecule has 1 fully saturated rings. The Morgan fingerprint density at radius 1 is 1.22 bits per heavy atom. The number of carbonyl (C=O) groups excluding carboxylic acids is 1. The minimum absolute atomic E-state index is 0.268. The summed E-state index contributed by atoms with van der Waals surface area (Å²) in [6.07, 6.45) is -0.268. The summed E-state index contributed by atoms with van der Waals surface area (Å²) in [5, 5.41) is 3.72. The van der Waals surface area contributed by atoms with Crippen molar-refractivity contribution in [2.24, 2.45) is 10.8 Å². The van der Waals surface area contributed by atoms with Crippen molar-refractivity contribution in [2.45, 2.75) is 53.3 Å². The topological polar surface area (TPSA) is 108 Å². The Hall–Kier alpha value is -2.44. The van der Waals surface area contributed by atoms with E-state index in [-0.39, 0.29) is 6.09 Å². The Labute approximate surface area is 160 Å². The zero-order valence-corrected chi connectivity index (χ0v) is 16.9. The Bertz CT molecular complexity index is 742. The highest BCUT2D eigenvalue weighted by atomic mass is 16.6. The lowest BCUT2D eigenvalue weighted by Crippen LogP contribution is -2.50. The summed E-state index contributed by atoms with van der Waals surface area (Å²) in [5.74, 6) is 0. The molecule has 0 aliphatic carbocycles. The summed E-state index contributed by atoms with van der Waals surface area (Å²) >= 11 is 0. The third kappa shape index (κ3) is 5.05. The van der Waals surface area contributed by atoms with Crippen LogP contribution in [0.25, 0.3) is 10.4 Å². The van der Waals surface area contributed by atoms with Gasteiger partial charge >= 0.3 is 6.09 Å². The van der Waals surface area contributed by atoms with E-state index >= 15 is 0 Å². The number of rotatable bonds is 4. The molecule has 1 heterocycles. The fourth-order valence-electron chi connectivity index (χ4n) is 3.41. The van der Waals surface area contributed by atoms with Gasteiger partial charge in [-0.3, -0.25) is 0 Å². The number of piperazine rings is 1. The van der Waals surface area contributed by atoms with Crippen LogP contribution in [0.4, 0.5) is 10.5 Å². The van der Waals surface area contributed by atoms with Gasteiger partial charge < -0.3 is 20.3 Å². The Morgan fingerprint density at radius 3 is 2.33 bits per heavy atom. The molecule has 1 aromatic rings. The molecule has 0 saturated carbocycles. The van der Waals surface area contributed by atoms with E-state index in [1.807, 2.05) is 33.8 Å². The molecule has 8 nitrogen and oxygen atoms in total. The van der Waals surface area contributed by atoms with Crippen molar-refractivity contribution >= 4 is 11.8 Å². The number of azide groups is 1. The van der Waals surface area contributed by atoms with Crippen molar-refractivity contribution in [3.8, 4) is 0 Å². The molecule has 1 aliphatic heterocycles. The second-order valence-corrected chi connectivity index (χ2v) is 7.84. The lowest BCUT2D eigenvalue weighted by atomic mass is 9.95. The molecule has 0 spiro atoms. The van der Waals surface area contributed by atoms with Crippen LogP contribution in [0.2, 0.25) is 0 Å². The number of carbonyl (C=O) groups is 1. The Balaban J connectivity index is 2.22. The first kappa shape index (κ1) is 20.9. The van der Waals surface area contributed by atoms with Crippen molar-refractivity contribution in [3.63, 3.8) is 0 Å². The minimum atomic E-state index is -0.493. The average Bonchev–Trinajstić information content (AvgIpc) is 2.60. The monoisotopic (exact) mass is 374 g/mol. The number of ether oxygens (including phenoxy) is 1. The third-order valence-electron chi connectivity index (χ3n) is 4.79. The van der Waals surface area contributed by atoms with E-state index in [0.717, 1.165) is 41.0 Å². The van der Waals surface area contributed by atoms with E-state index in [1.165, 1.54) is 0 Å². The molecular weight excluding hydrogens is 344 g/mol. The van der Waals surface area contributed by atoms with Gasteiger partial charge in [-0.2, -0.15) is 0 Å².